The Hall–Kier alpha value is -1.92. The zero-order valence-electron chi connectivity index (χ0n) is 9.40. The number of halogens is 2. The van der Waals surface area contributed by atoms with Crippen molar-refractivity contribution in [2.45, 2.75) is 0 Å². The van der Waals surface area contributed by atoms with Crippen LogP contribution in [0.1, 0.15) is 11.1 Å². The normalized spacial score (nSPS) is 11.1. The van der Waals surface area contributed by atoms with Gasteiger partial charge in [0.2, 0.25) is 0 Å². The van der Waals surface area contributed by atoms with Crippen LogP contribution in [0.5, 0.6) is 0 Å². The summed E-state index contributed by atoms with van der Waals surface area (Å²) in [6.45, 7) is 0. The fourth-order valence-corrected chi connectivity index (χ4v) is 1.84. The van der Waals surface area contributed by atoms with Crippen molar-refractivity contribution in [1.29, 1.82) is 5.26 Å². The van der Waals surface area contributed by atoms with E-state index in [1.54, 1.807) is 24.3 Å². The van der Waals surface area contributed by atoms with E-state index >= 15 is 0 Å². The lowest BCUT2D eigenvalue weighted by atomic mass is 10.0. The summed E-state index contributed by atoms with van der Waals surface area (Å²) in [5.74, 6) is -0.387. The lowest BCUT2D eigenvalue weighted by molar-refractivity contribution is 0.624. The van der Waals surface area contributed by atoms with E-state index in [1.165, 1.54) is 6.07 Å². The van der Waals surface area contributed by atoms with Crippen molar-refractivity contribution in [2.24, 2.45) is 0 Å². The maximum atomic E-state index is 13.6. The van der Waals surface area contributed by atoms with Gasteiger partial charge in [0.1, 0.15) is 5.82 Å². The van der Waals surface area contributed by atoms with Gasteiger partial charge in [0, 0.05) is 10.0 Å². The summed E-state index contributed by atoms with van der Waals surface area (Å²) in [7, 11) is 0. The quantitative estimate of drug-likeness (QED) is 0.585. The molecule has 0 aliphatic heterocycles. The Labute approximate surface area is 113 Å². The Morgan fingerprint density at radius 3 is 2.39 bits per heavy atom. The number of rotatable bonds is 2. The molecule has 0 spiro atoms. The maximum absolute atomic E-state index is 13.6. The fourth-order valence-electron chi connectivity index (χ4n) is 1.58. The molecule has 0 aromatic heterocycles. The first kappa shape index (κ1) is 12.5. The summed E-state index contributed by atoms with van der Waals surface area (Å²) in [6, 6.07) is 15.8. The predicted octanol–water partition coefficient (Wildman–Crippen LogP) is 4.65. The number of nitrogens with zero attached hydrogens (tertiary/aromatic N) is 1. The molecule has 18 heavy (non-hydrogen) atoms. The molecule has 0 radical (unpaired) electrons. The molecular formula is C15H9BrFN. The summed E-state index contributed by atoms with van der Waals surface area (Å²) in [5.41, 5.74) is 1.50. The highest BCUT2D eigenvalue weighted by Gasteiger charge is 2.06. The van der Waals surface area contributed by atoms with Crippen molar-refractivity contribution in [1.82, 2.24) is 0 Å². The molecule has 0 atom stereocenters. The highest BCUT2D eigenvalue weighted by atomic mass is 79.9. The largest absolute Gasteiger partial charge is 0.206 e. The minimum atomic E-state index is -0.387. The zero-order valence-corrected chi connectivity index (χ0v) is 11.0. The fraction of sp³-hybridized carbons (Fsp3) is 0. The third-order valence-corrected chi connectivity index (χ3v) is 2.99. The van der Waals surface area contributed by atoms with Crippen LogP contribution in [0.4, 0.5) is 4.39 Å². The average Bonchev–Trinajstić information content (AvgIpc) is 2.39. The van der Waals surface area contributed by atoms with Crippen LogP contribution in [-0.2, 0) is 0 Å². The van der Waals surface area contributed by atoms with Crippen molar-refractivity contribution in [3.63, 3.8) is 0 Å². The van der Waals surface area contributed by atoms with Gasteiger partial charge in [-0.25, -0.2) is 4.39 Å². The molecule has 0 saturated heterocycles. The molecule has 1 nitrogen and oxygen atoms in total. The van der Waals surface area contributed by atoms with Crippen molar-refractivity contribution in [3.05, 3.63) is 69.9 Å². The molecule has 2 aromatic carbocycles. The van der Waals surface area contributed by atoms with E-state index < -0.39 is 0 Å². The second-order valence-electron chi connectivity index (χ2n) is 3.70. The summed E-state index contributed by atoms with van der Waals surface area (Å²) < 4.78 is 14.6. The van der Waals surface area contributed by atoms with Gasteiger partial charge in [-0.05, 0) is 29.8 Å². The highest BCUT2D eigenvalue weighted by molar-refractivity contribution is 9.10. The first-order valence-electron chi connectivity index (χ1n) is 5.33. The van der Waals surface area contributed by atoms with Crippen LogP contribution in [0.25, 0.3) is 11.6 Å². The van der Waals surface area contributed by atoms with Gasteiger partial charge in [-0.1, -0.05) is 46.3 Å². The molecule has 0 heterocycles. The Bertz CT molecular complexity index is 624. The van der Waals surface area contributed by atoms with Gasteiger partial charge in [-0.15, -0.1) is 0 Å². The molecule has 0 bridgehead atoms. The smallest absolute Gasteiger partial charge is 0.131 e. The van der Waals surface area contributed by atoms with Crippen molar-refractivity contribution < 1.29 is 4.39 Å². The van der Waals surface area contributed by atoms with Gasteiger partial charge in [-0.2, -0.15) is 5.26 Å². The molecule has 0 N–H and O–H groups in total. The second kappa shape index (κ2) is 5.61. The van der Waals surface area contributed by atoms with Crippen molar-refractivity contribution in [3.8, 4) is 6.07 Å². The van der Waals surface area contributed by atoms with E-state index in [-0.39, 0.29) is 5.82 Å². The van der Waals surface area contributed by atoms with Gasteiger partial charge in [0.15, 0.2) is 0 Å². The third-order valence-electron chi connectivity index (χ3n) is 2.47. The maximum Gasteiger partial charge on any atom is 0.131 e. The summed E-state index contributed by atoms with van der Waals surface area (Å²) in [6.07, 6.45) is 1.67. The first-order chi connectivity index (χ1) is 8.70. The summed E-state index contributed by atoms with van der Waals surface area (Å²) >= 11 is 3.34. The van der Waals surface area contributed by atoms with Gasteiger partial charge >= 0.3 is 0 Å². The molecule has 3 heteroatoms. The highest BCUT2D eigenvalue weighted by Crippen LogP contribution is 2.21. The molecule has 88 valence electrons. The minimum absolute atomic E-state index is 0.315. The van der Waals surface area contributed by atoms with E-state index in [1.807, 2.05) is 30.3 Å². The van der Waals surface area contributed by atoms with Gasteiger partial charge < -0.3 is 0 Å². The van der Waals surface area contributed by atoms with Crippen molar-refractivity contribution >= 4 is 27.6 Å². The topological polar surface area (TPSA) is 23.8 Å². The van der Waals surface area contributed by atoms with E-state index in [2.05, 4.69) is 15.9 Å². The van der Waals surface area contributed by atoms with Gasteiger partial charge in [0.25, 0.3) is 0 Å². The molecular weight excluding hydrogens is 293 g/mol. The molecule has 0 fully saturated rings. The van der Waals surface area contributed by atoms with Crippen LogP contribution in [-0.4, -0.2) is 0 Å². The molecule has 0 aliphatic rings. The number of benzene rings is 2. The number of hydrogen-bond acceptors (Lipinski definition) is 1. The van der Waals surface area contributed by atoms with Crippen LogP contribution in [0, 0.1) is 17.1 Å². The van der Waals surface area contributed by atoms with Crippen LogP contribution < -0.4 is 0 Å². The van der Waals surface area contributed by atoms with E-state index in [4.69, 9.17) is 5.26 Å². The third kappa shape index (κ3) is 2.85. The van der Waals surface area contributed by atoms with Crippen molar-refractivity contribution in [2.75, 3.05) is 0 Å². The molecule has 0 saturated carbocycles. The Balaban J connectivity index is 2.44. The Morgan fingerprint density at radius 2 is 1.78 bits per heavy atom. The Morgan fingerprint density at radius 1 is 1.11 bits per heavy atom. The zero-order chi connectivity index (χ0) is 13.0. The minimum Gasteiger partial charge on any atom is -0.206 e. The van der Waals surface area contributed by atoms with E-state index in [0.29, 0.717) is 11.1 Å². The summed E-state index contributed by atoms with van der Waals surface area (Å²) in [5, 5.41) is 9.13. The second-order valence-corrected chi connectivity index (χ2v) is 4.62. The molecule has 0 unspecified atom stereocenters. The Kier molecular flexibility index (Phi) is 3.91. The summed E-state index contributed by atoms with van der Waals surface area (Å²) in [4.78, 5) is 0. The SMILES string of the molecule is N#CC(=Cc1ccc(Br)cc1)c1ccccc1F. The van der Waals surface area contributed by atoms with Crippen LogP contribution in [0.3, 0.4) is 0 Å². The monoisotopic (exact) mass is 301 g/mol. The average molecular weight is 302 g/mol. The first-order valence-corrected chi connectivity index (χ1v) is 6.12. The standard InChI is InChI=1S/C15H9BrFN/c16-13-7-5-11(6-8-13)9-12(10-18)14-3-1-2-4-15(14)17/h1-9H. The molecule has 2 aromatic rings. The molecule has 2 rings (SSSR count). The number of nitriles is 1. The number of hydrogen-bond donors (Lipinski definition) is 0. The van der Waals surface area contributed by atoms with E-state index in [9.17, 15) is 4.39 Å². The van der Waals surface area contributed by atoms with E-state index in [0.717, 1.165) is 10.0 Å². The van der Waals surface area contributed by atoms with Gasteiger partial charge in [-0.3, -0.25) is 0 Å². The molecule has 0 aliphatic carbocycles. The lowest BCUT2D eigenvalue weighted by Crippen LogP contribution is -1.87. The number of allylic oxidation sites excluding steroid dienone is 1. The lowest BCUT2D eigenvalue weighted by Gasteiger charge is -2.01. The van der Waals surface area contributed by atoms with Gasteiger partial charge in [0.05, 0.1) is 11.6 Å². The van der Waals surface area contributed by atoms with Crippen LogP contribution in [0.2, 0.25) is 0 Å². The predicted molar refractivity (Wildman–Crippen MR) is 74.0 cm³/mol. The van der Waals surface area contributed by atoms with Crippen LogP contribution >= 0.6 is 15.9 Å². The molecule has 0 amide bonds. The van der Waals surface area contributed by atoms with Crippen LogP contribution in [0.15, 0.2) is 53.0 Å².